The molecule has 1 unspecified atom stereocenters. The van der Waals surface area contributed by atoms with E-state index in [4.69, 9.17) is 0 Å². The average Bonchev–Trinajstić information content (AvgIpc) is 3.17. The fourth-order valence-corrected chi connectivity index (χ4v) is 4.87. The van der Waals surface area contributed by atoms with Gasteiger partial charge in [0.05, 0.1) is 11.7 Å². The van der Waals surface area contributed by atoms with Crippen molar-refractivity contribution in [3.05, 3.63) is 76.8 Å². The Hall–Kier alpha value is -2.88. The van der Waals surface area contributed by atoms with Crippen molar-refractivity contribution in [1.82, 2.24) is 4.57 Å². The molecule has 0 N–H and O–H groups in total. The topological polar surface area (TPSA) is 25.2 Å². The van der Waals surface area contributed by atoms with Crippen LogP contribution in [0.5, 0.6) is 0 Å². The number of carbonyl (C=O) groups excluding carboxylic acids is 1. The molecular weight excluding hydrogens is 351 g/mol. The van der Waals surface area contributed by atoms with Gasteiger partial charge in [-0.1, -0.05) is 24.3 Å². The predicted octanol–water partition coefficient (Wildman–Crippen LogP) is 5.58. The maximum absolute atomic E-state index is 14.9. The summed E-state index contributed by atoms with van der Waals surface area (Å²) in [5.41, 5.74) is 5.50. The van der Waals surface area contributed by atoms with E-state index in [9.17, 15) is 9.18 Å². The van der Waals surface area contributed by atoms with E-state index in [1.54, 1.807) is 11.0 Å². The Morgan fingerprint density at radius 3 is 2.68 bits per heavy atom. The molecule has 0 saturated heterocycles. The largest absolute Gasteiger partial charge is 0.350 e. The third kappa shape index (κ3) is 2.44. The van der Waals surface area contributed by atoms with Crippen LogP contribution >= 0.6 is 0 Å². The molecule has 0 bridgehead atoms. The standard InChI is InChI=1S/C24H23FN2O/c1-15-11-12-22(20(25)13-15)27-23(17-8-3-4-9-18(17)24(27)28)19-14-26(2)21-10-6-5-7-16(19)21/h5-7,10-14,23H,3-4,8-9H2,1-2H3. The SMILES string of the molecule is Cc1ccc(N2C(=O)C3=C(CCCC3)C2c2cn(C)c3ccccc23)c(F)c1. The Kier molecular flexibility index (Phi) is 3.90. The Morgan fingerprint density at radius 1 is 1.07 bits per heavy atom. The molecule has 28 heavy (non-hydrogen) atoms. The van der Waals surface area contributed by atoms with Gasteiger partial charge in [-0.2, -0.15) is 0 Å². The highest BCUT2D eigenvalue weighted by Crippen LogP contribution is 2.48. The minimum Gasteiger partial charge on any atom is -0.350 e. The van der Waals surface area contributed by atoms with E-state index in [0.29, 0.717) is 5.69 Å². The monoisotopic (exact) mass is 374 g/mol. The predicted molar refractivity (Wildman–Crippen MR) is 110 cm³/mol. The zero-order valence-electron chi connectivity index (χ0n) is 16.2. The number of carbonyl (C=O) groups is 1. The molecule has 1 amide bonds. The fraction of sp³-hybridized carbons (Fsp3) is 0.292. The lowest BCUT2D eigenvalue weighted by atomic mass is 9.87. The van der Waals surface area contributed by atoms with Crippen LogP contribution in [0.15, 0.2) is 59.8 Å². The number of rotatable bonds is 2. The number of hydrogen-bond donors (Lipinski definition) is 0. The van der Waals surface area contributed by atoms with Gasteiger partial charge >= 0.3 is 0 Å². The molecule has 4 heteroatoms. The van der Waals surface area contributed by atoms with Gasteiger partial charge in [-0.3, -0.25) is 9.69 Å². The van der Waals surface area contributed by atoms with Crippen LogP contribution in [-0.2, 0) is 11.8 Å². The van der Waals surface area contributed by atoms with Crippen LogP contribution in [0.3, 0.4) is 0 Å². The van der Waals surface area contributed by atoms with E-state index >= 15 is 0 Å². The van der Waals surface area contributed by atoms with Crippen molar-refractivity contribution in [3.8, 4) is 0 Å². The van der Waals surface area contributed by atoms with Gasteiger partial charge in [-0.15, -0.1) is 0 Å². The van der Waals surface area contributed by atoms with E-state index in [0.717, 1.165) is 53.3 Å². The highest BCUT2D eigenvalue weighted by atomic mass is 19.1. The first-order chi connectivity index (χ1) is 13.6. The number of fused-ring (bicyclic) bond motifs is 1. The van der Waals surface area contributed by atoms with E-state index in [1.165, 1.54) is 11.6 Å². The molecule has 2 aliphatic rings. The number of aryl methyl sites for hydroxylation is 2. The Bertz CT molecular complexity index is 1140. The molecule has 0 radical (unpaired) electrons. The minimum absolute atomic E-state index is 0.0320. The summed E-state index contributed by atoms with van der Waals surface area (Å²) in [6, 6.07) is 13.1. The van der Waals surface area contributed by atoms with E-state index in [-0.39, 0.29) is 17.8 Å². The second-order valence-electron chi connectivity index (χ2n) is 7.96. The molecule has 0 fully saturated rings. The third-order valence-electron chi connectivity index (χ3n) is 6.16. The first-order valence-electron chi connectivity index (χ1n) is 9.92. The molecular formula is C24H23FN2O. The second kappa shape index (κ2) is 6.33. The normalized spacial score (nSPS) is 19.6. The minimum atomic E-state index is -0.335. The lowest BCUT2D eigenvalue weighted by molar-refractivity contribution is -0.115. The smallest absolute Gasteiger partial charge is 0.255 e. The molecule has 2 heterocycles. The Morgan fingerprint density at radius 2 is 1.86 bits per heavy atom. The zero-order chi connectivity index (χ0) is 19.4. The Labute approximate surface area is 164 Å². The van der Waals surface area contributed by atoms with E-state index in [2.05, 4.69) is 22.9 Å². The molecule has 3 nitrogen and oxygen atoms in total. The van der Waals surface area contributed by atoms with Gasteiger partial charge in [0.25, 0.3) is 5.91 Å². The molecule has 3 aromatic rings. The fourth-order valence-electron chi connectivity index (χ4n) is 4.87. The Balaban J connectivity index is 1.75. The van der Waals surface area contributed by atoms with E-state index in [1.807, 2.05) is 32.2 Å². The average molecular weight is 374 g/mol. The molecule has 2 aromatic carbocycles. The van der Waals surface area contributed by atoms with Crippen molar-refractivity contribution in [3.63, 3.8) is 0 Å². The summed E-state index contributed by atoms with van der Waals surface area (Å²) in [5.74, 6) is -0.367. The summed E-state index contributed by atoms with van der Waals surface area (Å²) in [6.07, 6.45) is 5.90. The van der Waals surface area contributed by atoms with Crippen LogP contribution in [0.4, 0.5) is 10.1 Å². The molecule has 1 aliphatic carbocycles. The van der Waals surface area contributed by atoms with Crippen LogP contribution in [-0.4, -0.2) is 10.5 Å². The summed E-state index contributed by atoms with van der Waals surface area (Å²) in [7, 11) is 2.02. The molecule has 1 atom stereocenters. The lowest BCUT2D eigenvalue weighted by Crippen LogP contribution is -2.30. The highest BCUT2D eigenvalue weighted by Gasteiger charge is 2.43. The number of anilines is 1. The summed E-state index contributed by atoms with van der Waals surface area (Å²) in [4.78, 5) is 15.1. The van der Waals surface area contributed by atoms with Crippen LogP contribution in [0.2, 0.25) is 0 Å². The lowest BCUT2D eigenvalue weighted by Gasteiger charge is -2.28. The summed E-state index contributed by atoms with van der Waals surface area (Å²) in [5, 5.41) is 1.12. The number of benzene rings is 2. The van der Waals surface area contributed by atoms with Crippen LogP contribution in [0.1, 0.15) is 42.9 Å². The number of amides is 1. The zero-order valence-corrected chi connectivity index (χ0v) is 16.2. The van der Waals surface area contributed by atoms with Crippen molar-refractivity contribution in [2.24, 2.45) is 7.05 Å². The third-order valence-corrected chi connectivity index (χ3v) is 6.16. The first-order valence-corrected chi connectivity index (χ1v) is 9.92. The maximum atomic E-state index is 14.9. The molecule has 0 saturated carbocycles. The van der Waals surface area contributed by atoms with Crippen molar-refractivity contribution in [1.29, 1.82) is 0 Å². The van der Waals surface area contributed by atoms with Crippen molar-refractivity contribution >= 4 is 22.5 Å². The van der Waals surface area contributed by atoms with Crippen LogP contribution in [0.25, 0.3) is 10.9 Å². The van der Waals surface area contributed by atoms with Gasteiger partial charge in [-0.05, 0) is 61.9 Å². The number of para-hydroxylation sites is 1. The molecule has 1 aliphatic heterocycles. The van der Waals surface area contributed by atoms with Gasteiger partial charge in [0.1, 0.15) is 5.82 Å². The number of aromatic nitrogens is 1. The highest BCUT2D eigenvalue weighted by molar-refractivity contribution is 6.11. The van der Waals surface area contributed by atoms with E-state index < -0.39 is 0 Å². The van der Waals surface area contributed by atoms with Gasteiger partial charge in [0.15, 0.2) is 0 Å². The van der Waals surface area contributed by atoms with Crippen molar-refractivity contribution < 1.29 is 9.18 Å². The van der Waals surface area contributed by atoms with Gasteiger partial charge in [-0.25, -0.2) is 4.39 Å². The van der Waals surface area contributed by atoms with Gasteiger partial charge in [0, 0.05) is 35.3 Å². The quantitative estimate of drug-likeness (QED) is 0.574. The van der Waals surface area contributed by atoms with Crippen LogP contribution < -0.4 is 4.90 Å². The molecule has 5 rings (SSSR count). The number of nitrogens with zero attached hydrogens (tertiary/aromatic N) is 2. The number of halogens is 1. The molecule has 1 aromatic heterocycles. The van der Waals surface area contributed by atoms with Crippen molar-refractivity contribution in [2.45, 2.75) is 38.6 Å². The molecule has 142 valence electrons. The van der Waals surface area contributed by atoms with Gasteiger partial charge in [0.2, 0.25) is 0 Å². The van der Waals surface area contributed by atoms with Crippen LogP contribution in [0, 0.1) is 12.7 Å². The summed E-state index contributed by atoms with van der Waals surface area (Å²) in [6.45, 7) is 1.87. The van der Waals surface area contributed by atoms with Gasteiger partial charge < -0.3 is 4.57 Å². The first kappa shape index (κ1) is 17.2. The number of hydrogen-bond acceptors (Lipinski definition) is 1. The second-order valence-corrected chi connectivity index (χ2v) is 7.96. The van der Waals surface area contributed by atoms with Crippen molar-refractivity contribution in [2.75, 3.05) is 4.90 Å². The molecule has 0 spiro atoms. The maximum Gasteiger partial charge on any atom is 0.255 e. The summed E-state index contributed by atoms with van der Waals surface area (Å²) >= 11 is 0. The summed E-state index contributed by atoms with van der Waals surface area (Å²) < 4.78 is 17.0.